The zero-order chi connectivity index (χ0) is 17.0. The number of carbonyl (C=O) groups excluding carboxylic acids is 2. The first-order valence-corrected chi connectivity index (χ1v) is 8.16. The zero-order valence-electron chi connectivity index (χ0n) is 13.1. The van der Waals surface area contributed by atoms with Crippen LogP contribution in [-0.2, 0) is 11.3 Å². The van der Waals surface area contributed by atoms with Gasteiger partial charge in [0.2, 0.25) is 5.91 Å². The van der Waals surface area contributed by atoms with Crippen molar-refractivity contribution in [3.63, 3.8) is 0 Å². The standard InChI is InChI=1S/C16H17N3O3S/c1-10-8-15(22)19(16(17-10)23-3)9-14(21)18-13-6-4-12(5-7-13)11(2)20/h4-8H,9H2,1-3H3,(H,18,21). The third-order valence-corrected chi connectivity index (χ3v) is 3.84. The van der Waals surface area contributed by atoms with Gasteiger partial charge in [0.15, 0.2) is 10.9 Å². The van der Waals surface area contributed by atoms with E-state index in [0.717, 1.165) is 0 Å². The fourth-order valence-corrected chi connectivity index (χ4v) is 2.64. The number of benzene rings is 1. The molecule has 7 heteroatoms. The molecule has 1 aromatic heterocycles. The fourth-order valence-electron chi connectivity index (χ4n) is 2.03. The lowest BCUT2D eigenvalue weighted by Crippen LogP contribution is -2.29. The van der Waals surface area contributed by atoms with Crippen molar-refractivity contribution in [2.24, 2.45) is 0 Å². The number of carbonyl (C=O) groups is 2. The van der Waals surface area contributed by atoms with E-state index in [0.29, 0.717) is 22.1 Å². The van der Waals surface area contributed by atoms with Gasteiger partial charge in [0, 0.05) is 23.0 Å². The maximum atomic E-state index is 12.1. The second-order valence-corrected chi connectivity index (χ2v) is 5.76. The molecule has 0 radical (unpaired) electrons. The summed E-state index contributed by atoms with van der Waals surface area (Å²) in [7, 11) is 0. The van der Waals surface area contributed by atoms with Crippen LogP contribution in [0.2, 0.25) is 0 Å². The highest BCUT2D eigenvalue weighted by molar-refractivity contribution is 7.98. The molecule has 0 aliphatic carbocycles. The van der Waals surface area contributed by atoms with E-state index < -0.39 is 0 Å². The number of aromatic nitrogens is 2. The summed E-state index contributed by atoms with van der Waals surface area (Å²) in [6, 6.07) is 7.99. The van der Waals surface area contributed by atoms with Gasteiger partial charge in [-0.15, -0.1) is 0 Å². The molecular formula is C16H17N3O3S. The Hall–Kier alpha value is -2.41. The molecule has 0 unspecified atom stereocenters. The Balaban J connectivity index is 2.14. The summed E-state index contributed by atoms with van der Waals surface area (Å²) in [6.07, 6.45) is 1.80. The summed E-state index contributed by atoms with van der Waals surface area (Å²) in [4.78, 5) is 39.6. The predicted octanol–water partition coefficient (Wildman–Crippen LogP) is 2.11. The Morgan fingerprint density at radius 2 is 1.91 bits per heavy atom. The highest BCUT2D eigenvalue weighted by Gasteiger charge is 2.11. The zero-order valence-corrected chi connectivity index (χ0v) is 13.9. The highest BCUT2D eigenvalue weighted by Crippen LogP contribution is 2.12. The van der Waals surface area contributed by atoms with Crippen molar-refractivity contribution in [1.82, 2.24) is 9.55 Å². The average Bonchev–Trinajstić information content (AvgIpc) is 2.50. The number of hydrogen-bond donors (Lipinski definition) is 1. The number of nitrogens with zero attached hydrogens (tertiary/aromatic N) is 2. The van der Waals surface area contributed by atoms with Crippen LogP contribution < -0.4 is 10.9 Å². The average molecular weight is 331 g/mol. The Morgan fingerprint density at radius 1 is 1.26 bits per heavy atom. The predicted molar refractivity (Wildman–Crippen MR) is 90.1 cm³/mol. The van der Waals surface area contributed by atoms with E-state index in [1.165, 1.54) is 29.3 Å². The van der Waals surface area contributed by atoms with Crippen LogP contribution in [0.1, 0.15) is 23.0 Å². The molecule has 2 rings (SSSR count). The number of ketones is 1. The molecule has 0 atom stereocenters. The Bertz CT molecular complexity index is 797. The molecule has 1 N–H and O–H groups in total. The van der Waals surface area contributed by atoms with Gasteiger partial charge in [-0.1, -0.05) is 11.8 Å². The van der Waals surface area contributed by atoms with E-state index in [9.17, 15) is 14.4 Å². The van der Waals surface area contributed by atoms with Gasteiger partial charge in [-0.05, 0) is 44.4 Å². The molecule has 120 valence electrons. The lowest BCUT2D eigenvalue weighted by Gasteiger charge is -2.11. The summed E-state index contributed by atoms with van der Waals surface area (Å²) >= 11 is 1.31. The number of nitrogens with one attached hydrogen (secondary N) is 1. The largest absolute Gasteiger partial charge is 0.325 e. The van der Waals surface area contributed by atoms with Crippen molar-refractivity contribution in [2.45, 2.75) is 25.5 Å². The molecule has 23 heavy (non-hydrogen) atoms. The molecule has 0 bridgehead atoms. The molecule has 0 saturated carbocycles. The van der Waals surface area contributed by atoms with Crippen LogP contribution in [0.3, 0.4) is 0 Å². The van der Waals surface area contributed by atoms with Crippen LogP contribution in [0.25, 0.3) is 0 Å². The second-order valence-electron chi connectivity index (χ2n) is 4.99. The van der Waals surface area contributed by atoms with E-state index >= 15 is 0 Å². The van der Waals surface area contributed by atoms with Gasteiger partial charge < -0.3 is 5.32 Å². The summed E-state index contributed by atoms with van der Waals surface area (Å²) in [6.45, 7) is 3.10. The minimum absolute atomic E-state index is 0.0372. The van der Waals surface area contributed by atoms with Crippen LogP contribution in [0.4, 0.5) is 5.69 Å². The van der Waals surface area contributed by atoms with Gasteiger partial charge in [0.25, 0.3) is 5.56 Å². The van der Waals surface area contributed by atoms with Crippen molar-refractivity contribution in [1.29, 1.82) is 0 Å². The second kappa shape index (κ2) is 7.23. The lowest BCUT2D eigenvalue weighted by molar-refractivity contribution is -0.116. The number of rotatable bonds is 5. The molecule has 1 amide bonds. The van der Waals surface area contributed by atoms with Crippen molar-refractivity contribution >= 4 is 29.1 Å². The molecule has 0 aliphatic rings. The van der Waals surface area contributed by atoms with Crippen molar-refractivity contribution in [3.8, 4) is 0 Å². The van der Waals surface area contributed by atoms with Gasteiger partial charge in [0.1, 0.15) is 6.54 Å². The third kappa shape index (κ3) is 4.29. The monoisotopic (exact) mass is 331 g/mol. The molecule has 0 aliphatic heterocycles. The van der Waals surface area contributed by atoms with Crippen LogP contribution in [-0.4, -0.2) is 27.5 Å². The molecule has 0 saturated heterocycles. The van der Waals surface area contributed by atoms with Gasteiger partial charge in [-0.2, -0.15) is 0 Å². The van der Waals surface area contributed by atoms with Crippen LogP contribution in [0.15, 0.2) is 40.3 Å². The number of anilines is 1. The number of amides is 1. The first-order chi connectivity index (χ1) is 10.9. The van der Waals surface area contributed by atoms with Crippen LogP contribution in [0.5, 0.6) is 0 Å². The minimum atomic E-state index is -0.330. The number of aryl methyl sites for hydroxylation is 1. The van der Waals surface area contributed by atoms with Gasteiger partial charge in [-0.25, -0.2) is 4.98 Å². The molecule has 2 aromatic rings. The fraction of sp³-hybridized carbons (Fsp3) is 0.250. The minimum Gasteiger partial charge on any atom is -0.325 e. The molecule has 6 nitrogen and oxygen atoms in total. The normalized spacial score (nSPS) is 10.4. The van der Waals surface area contributed by atoms with Crippen LogP contribution >= 0.6 is 11.8 Å². The van der Waals surface area contributed by atoms with Crippen LogP contribution in [0, 0.1) is 6.92 Å². The molecule has 1 aromatic carbocycles. The Kier molecular flexibility index (Phi) is 5.33. The summed E-state index contributed by atoms with van der Waals surface area (Å²) < 4.78 is 1.33. The Labute approximate surface area is 137 Å². The number of Topliss-reactive ketones (excluding diaryl/α,β-unsaturated/α-hetero) is 1. The SMILES string of the molecule is CSc1nc(C)cc(=O)n1CC(=O)Nc1ccc(C(C)=O)cc1. The first kappa shape index (κ1) is 17.0. The first-order valence-electron chi connectivity index (χ1n) is 6.94. The highest BCUT2D eigenvalue weighted by atomic mass is 32.2. The van der Waals surface area contributed by atoms with E-state index in [2.05, 4.69) is 10.3 Å². The Morgan fingerprint density at radius 3 is 2.48 bits per heavy atom. The third-order valence-electron chi connectivity index (χ3n) is 3.16. The van der Waals surface area contributed by atoms with Gasteiger partial charge >= 0.3 is 0 Å². The quantitative estimate of drug-likeness (QED) is 0.515. The van der Waals surface area contributed by atoms with E-state index in [1.54, 1.807) is 37.4 Å². The number of hydrogen-bond acceptors (Lipinski definition) is 5. The van der Waals surface area contributed by atoms with E-state index in [1.807, 2.05) is 0 Å². The summed E-state index contributed by atoms with van der Waals surface area (Å²) in [5.74, 6) is -0.367. The maximum absolute atomic E-state index is 12.1. The van der Waals surface area contributed by atoms with Gasteiger partial charge in [0.05, 0.1) is 0 Å². The summed E-state index contributed by atoms with van der Waals surface area (Å²) in [5, 5.41) is 3.20. The summed E-state index contributed by atoms with van der Waals surface area (Å²) in [5.41, 5.74) is 1.50. The van der Waals surface area contributed by atoms with E-state index in [4.69, 9.17) is 0 Å². The topological polar surface area (TPSA) is 81.1 Å². The van der Waals surface area contributed by atoms with Crippen molar-refractivity contribution in [2.75, 3.05) is 11.6 Å². The lowest BCUT2D eigenvalue weighted by atomic mass is 10.1. The molecule has 1 heterocycles. The molecular weight excluding hydrogens is 314 g/mol. The molecule has 0 spiro atoms. The van der Waals surface area contributed by atoms with Gasteiger partial charge in [-0.3, -0.25) is 19.0 Å². The van der Waals surface area contributed by atoms with Crippen molar-refractivity contribution < 1.29 is 9.59 Å². The molecule has 0 fully saturated rings. The smallest absolute Gasteiger partial charge is 0.254 e. The number of thioether (sulfide) groups is 1. The van der Waals surface area contributed by atoms with Crippen molar-refractivity contribution in [3.05, 3.63) is 51.9 Å². The maximum Gasteiger partial charge on any atom is 0.254 e. The van der Waals surface area contributed by atoms with E-state index in [-0.39, 0.29) is 23.8 Å².